The van der Waals surface area contributed by atoms with Gasteiger partial charge in [0.25, 0.3) is 0 Å². The Kier molecular flexibility index (Phi) is 63.1. The van der Waals surface area contributed by atoms with Gasteiger partial charge >= 0.3 is 83.0 Å². The summed E-state index contributed by atoms with van der Waals surface area (Å²) in [5.41, 5.74) is 17.9. The molecule has 6 N–H and O–H groups in total. The predicted molar refractivity (Wildman–Crippen MR) is 338 cm³/mol. The maximum atomic E-state index is 14.0. The van der Waals surface area contributed by atoms with Crippen LogP contribution >= 0.6 is 0 Å². The first-order valence-electron chi connectivity index (χ1n) is 33.2. The van der Waals surface area contributed by atoms with Gasteiger partial charge in [0.05, 0.1) is 0 Å². The summed E-state index contributed by atoms with van der Waals surface area (Å²) in [4.78, 5) is 113. The average Bonchev–Trinajstić information content (AvgIpc) is 3.44. The van der Waals surface area contributed by atoms with E-state index in [0.29, 0.717) is 64.5 Å². The quantitative estimate of drug-likeness (QED) is 0.0222. The van der Waals surface area contributed by atoms with Crippen LogP contribution in [0, 0.1) is 0 Å². The fourth-order valence-corrected chi connectivity index (χ4v) is 10.3. The number of rotatable bonds is 56. The number of unbranched alkanes of at least 4 members (excludes halogenated alkanes) is 34. The zero-order valence-corrected chi connectivity index (χ0v) is 51.8. The van der Waals surface area contributed by atoms with Gasteiger partial charge < -0.3 is 26.7 Å². The number of hydrogen-bond acceptors (Lipinski definition) is 13. The first kappa shape index (κ1) is 84.6. The van der Waals surface area contributed by atoms with Crippen molar-refractivity contribution in [2.24, 2.45) is 17.2 Å². The molecule has 0 aliphatic carbocycles. The van der Waals surface area contributed by atoms with Crippen molar-refractivity contribution >= 4 is 107 Å². The Morgan fingerprint density at radius 3 is 0.805 bits per heavy atom. The van der Waals surface area contributed by atoms with Gasteiger partial charge in [-0.05, 0) is 83.7 Å². The molecular weight excluding hydrogens is 1060 g/mol. The van der Waals surface area contributed by atoms with Gasteiger partial charge in [-0.3, -0.25) is 33.8 Å². The van der Waals surface area contributed by atoms with Crippen LogP contribution < -0.4 is 17.2 Å². The maximum absolute atomic E-state index is 14.0. The molecule has 0 heterocycles. The number of imide groups is 2. The van der Waals surface area contributed by atoms with Crippen molar-refractivity contribution in [1.29, 1.82) is 0 Å². The SMILES string of the molecule is CCCCCCCCCCCC(=O)N(C(=O)CCCCCCCCCCC)[C@@H](CCCCN)C(=O)OC(=O)CC[C@H](N)C(=O)OC(=O)[C@H](CCCCN)N(C(=O)CCCCCCCCCCC)C(=O)CCCCCCCCCCC.[NaH].[NaH]. The number of esters is 4. The van der Waals surface area contributed by atoms with E-state index in [-0.39, 0.29) is 104 Å². The Bertz CT molecular complexity index is 1560. The topological polar surface area (TPSA) is 240 Å². The summed E-state index contributed by atoms with van der Waals surface area (Å²) in [6, 6.07) is -4.23. The fourth-order valence-electron chi connectivity index (χ4n) is 10.3. The van der Waals surface area contributed by atoms with Crippen molar-refractivity contribution in [3.8, 4) is 0 Å². The van der Waals surface area contributed by atoms with Gasteiger partial charge in [-0.2, -0.15) is 0 Å². The molecule has 470 valence electrons. The van der Waals surface area contributed by atoms with Crippen molar-refractivity contribution in [2.45, 2.75) is 354 Å². The number of carbonyl (C=O) groups excluding carboxylic acids is 8. The second-order valence-electron chi connectivity index (χ2n) is 22.9. The summed E-state index contributed by atoms with van der Waals surface area (Å²) in [6.07, 6.45) is 38.9. The van der Waals surface area contributed by atoms with Gasteiger partial charge in [0.15, 0.2) is 0 Å². The van der Waals surface area contributed by atoms with Crippen LogP contribution in [0.15, 0.2) is 0 Å². The molecule has 0 spiro atoms. The number of amides is 4. The summed E-state index contributed by atoms with van der Waals surface area (Å²) in [6.45, 7) is 9.41. The van der Waals surface area contributed by atoms with Crippen LogP contribution in [0.25, 0.3) is 0 Å². The second-order valence-corrected chi connectivity index (χ2v) is 22.9. The first-order chi connectivity index (χ1) is 38.8. The van der Waals surface area contributed by atoms with E-state index in [1.807, 2.05) is 0 Å². The van der Waals surface area contributed by atoms with Gasteiger partial charge in [0.1, 0.15) is 18.1 Å². The molecule has 0 saturated carbocycles. The van der Waals surface area contributed by atoms with Crippen LogP contribution in [-0.2, 0) is 47.8 Å². The van der Waals surface area contributed by atoms with Gasteiger partial charge in [0, 0.05) is 32.1 Å². The third kappa shape index (κ3) is 45.7. The molecule has 4 amide bonds. The molecule has 82 heavy (non-hydrogen) atoms. The molecule has 17 heteroatoms. The Morgan fingerprint density at radius 2 is 0.549 bits per heavy atom. The van der Waals surface area contributed by atoms with E-state index < -0.39 is 72.1 Å². The van der Waals surface area contributed by atoms with Crippen LogP contribution in [0.5, 0.6) is 0 Å². The summed E-state index contributed by atoms with van der Waals surface area (Å²) in [7, 11) is 0. The summed E-state index contributed by atoms with van der Waals surface area (Å²) < 4.78 is 10.7. The van der Waals surface area contributed by atoms with Gasteiger partial charge in [-0.25, -0.2) is 14.4 Å². The molecule has 0 bridgehead atoms. The molecule has 3 atom stereocenters. The number of hydrogen-bond donors (Lipinski definition) is 3. The van der Waals surface area contributed by atoms with Crippen molar-refractivity contribution < 1.29 is 47.8 Å². The van der Waals surface area contributed by atoms with E-state index in [2.05, 4.69) is 27.7 Å². The average molecular weight is 1180 g/mol. The molecule has 0 aliphatic heterocycles. The second kappa shape index (κ2) is 61.1. The monoisotopic (exact) mass is 1180 g/mol. The van der Waals surface area contributed by atoms with Crippen molar-refractivity contribution in [3.05, 3.63) is 0 Å². The van der Waals surface area contributed by atoms with E-state index >= 15 is 0 Å². The summed E-state index contributed by atoms with van der Waals surface area (Å²) in [5.74, 6) is -6.22. The van der Waals surface area contributed by atoms with Crippen LogP contribution in [0.3, 0.4) is 0 Å². The number of nitrogens with zero attached hydrogens (tertiary/aromatic N) is 2. The van der Waals surface area contributed by atoms with E-state index in [4.69, 9.17) is 26.7 Å². The third-order valence-electron chi connectivity index (χ3n) is 15.5. The minimum absolute atomic E-state index is 0. The first-order valence-corrected chi connectivity index (χ1v) is 33.2. The Labute approximate surface area is 544 Å². The van der Waals surface area contributed by atoms with Crippen LogP contribution in [0.2, 0.25) is 0 Å². The van der Waals surface area contributed by atoms with E-state index in [0.717, 1.165) is 113 Å². The fraction of sp³-hybridized carbons (Fsp3) is 0.877. The van der Waals surface area contributed by atoms with Gasteiger partial charge in [-0.1, -0.05) is 233 Å². The van der Waals surface area contributed by atoms with E-state index in [1.54, 1.807) is 0 Å². The molecule has 0 aromatic rings. The standard InChI is InChI=1S/C65H121N5O10.2Na.2H/c1-5-9-13-17-21-25-29-33-37-47-58(71)69(59(72)48-38-34-30-26-22-18-14-10-6-2)56(45-41-43-53-66)64(77)79-62(75)52-51-55(68)63(76)80-65(78)57(46-42-44-54-67)70(60(73)49-39-35-31-27-23-19-15-11-7-3)61(74)50-40-36-32-28-24-20-16-12-8-4;;;;/h55-57H,5-54,66-68H2,1-4H3;;;;/t55-,56-,57-;;;;/m0..../s1. The molecule has 0 fully saturated rings. The Morgan fingerprint density at radius 1 is 0.305 bits per heavy atom. The molecule has 0 unspecified atom stereocenters. The van der Waals surface area contributed by atoms with Gasteiger partial charge in [0.2, 0.25) is 23.6 Å². The Balaban J connectivity index is -0.0000312. The predicted octanol–water partition coefficient (Wildman–Crippen LogP) is 13.3. The molecule has 15 nitrogen and oxygen atoms in total. The van der Waals surface area contributed by atoms with Crippen molar-refractivity contribution in [1.82, 2.24) is 9.80 Å². The summed E-state index contributed by atoms with van der Waals surface area (Å²) >= 11 is 0. The van der Waals surface area contributed by atoms with Crippen molar-refractivity contribution in [2.75, 3.05) is 13.1 Å². The molecule has 0 aromatic heterocycles. The molecule has 0 rings (SSSR count). The van der Waals surface area contributed by atoms with Crippen molar-refractivity contribution in [3.63, 3.8) is 0 Å². The zero-order chi connectivity index (χ0) is 59.3. The van der Waals surface area contributed by atoms with Crippen LogP contribution in [-0.4, -0.2) is 148 Å². The molecule has 0 radical (unpaired) electrons. The number of ether oxygens (including phenoxy) is 2. The van der Waals surface area contributed by atoms with Gasteiger partial charge in [-0.15, -0.1) is 0 Å². The van der Waals surface area contributed by atoms with E-state index in [1.165, 1.54) is 103 Å². The Hall–Kier alpha value is -1.56. The zero-order valence-electron chi connectivity index (χ0n) is 51.8. The minimum atomic E-state index is -1.51. The third-order valence-corrected chi connectivity index (χ3v) is 15.5. The van der Waals surface area contributed by atoms with Crippen LogP contribution in [0.4, 0.5) is 0 Å². The number of nitrogens with two attached hydrogens (primary N) is 3. The molecule has 0 aromatic carbocycles. The normalized spacial score (nSPS) is 12.1. The number of carbonyl (C=O) groups is 8. The van der Waals surface area contributed by atoms with Crippen LogP contribution in [0.1, 0.15) is 336 Å². The molecule has 0 aliphatic rings. The summed E-state index contributed by atoms with van der Waals surface area (Å²) in [5, 5.41) is 0. The van der Waals surface area contributed by atoms with E-state index in [9.17, 15) is 38.4 Å². The molecular formula is C65H123N5Na2O10. The molecule has 0 saturated heterocycles.